The van der Waals surface area contributed by atoms with Gasteiger partial charge in [-0.1, -0.05) is 54.6 Å². The number of amides is 2. The summed E-state index contributed by atoms with van der Waals surface area (Å²) in [6.07, 6.45) is 0.379. The van der Waals surface area contributed by atoms with Gasteiger partial charge in [0.05, 0.1) is 0 Å². The van der Waals surface area contributed by atoms with Crippen molar-refractivity contribution in [3.8, 4) is 0 Å². The maximum atomic E-state index is 12.8. The van der Waals surface area contributed by atoms with Crippen LogP contribution >= 0.6 is 0 Å². The minimum Gasteiger partial charge on any atom is -0.368 e. The number of carbonyl (C=O) groups is 2. The van der Waals surface area contributed by atoms with E-state index in [4.69, 9.17) is 5.73 Å². The van der Waals surface area contributed by atoms with Crippen LogP contribution in [0.2, 0.25) is 0 Å². The van der Waals surface area contributed by atoms with Crippen LogP contribution in [0.25, 0.3) is 10.8 Å². The fraction of sp³-hybridized carbons (Fsp3) is 0.182. The lowest BCUT2D eigenvalue weighted by atomic mass is 9.95. The molecule has 4 nitrogen and oxygen atoms in total. The Hall–Kier alpha value is -3.14. The van der Waals surface area contributed by atoms with Gasteiger partial charge in [0.2, 0.25) is 5.91 Å². The lowest BCUT2D eigenvalue weighted by molar-refractivity contribution is -0.119. The van der Waals surface area contributed by atoms with Gasteiger partial charge >= 0.3 is 0 Å². The standard InChI is InChI=1S/C22H22N2O2/c1-14-7-5-8-15(2)19(14)13-20(21(23)25)24-22(26)18-12-6-10-16-9-3-4-11-17(16)18/h3-12,20H,13H2,1-2H3,(H2,23,25)(H,24,26)/t20-/m1/s1. The molecule has 3 aromatic rings. The van der Waals surface area contributed by atoms with Crippen LogP contribution in [0.4, 0.5) is 0 Å². The van der Waals surface area contributed by atoms with E-state index < -0.39 is 11.9 Å². The van der Waals surface area contributed by atoms with E-state index in [1.807, 2.05) is 68.4 Å². The van der Waals surface area contributed by atoms with Gasteiger partial charge in [0.25, 0.3) is 5.91 Å². The van der Waals surface area contributed by atoms with E-state index in [0.29, 0.717) is 12.0 Å². The Morgan fingerprint density at radius 2 is 1.54 bits per heavy atom. The molecule has 0 unspecified atom stereocenters. The van der Waals surface area contributed by atoms with E-state index in [9.17, 15) is 9.59 Å². The highest BCUT2D eigenvalue weighted by Crippen LogP contribution is 2.19. The number of primary amides is 1. The molecule has 0 spiro atoms. The molecule has 0 fully saturated rings. The van der Waals surface area contributed by atoms with Crippen molar-refractivity contribution in [1.29, 1.82) is 0 Å². The number of hydrogen-bond acceptors (Lipinski definition) is 2. The molecular weight excluding hydrogens is 324 g/mol. The number of nitrogens with one attached hydrogen (secondary N) is 1. The van der Waals surface area contributed by atoms with Crippen LogP contribution < -0.4 is 11.1 Å². The first-order valence-corrected chi connectivity index (χ1v) is 8.60. The quantitative estimate of drug-likeness (QED) is 0.744. The molecule has 0 radical (unpaired) electrons. The molecule has 2 amide bonds. The average molecular weight is 346 g/mol. The molecule has 0 bridgehead atoms. The highest BCUT2D eigenvalue weighted by molar-refractivity contribution is 6.08. The van der Waals surface area contributed by atoms with Crippen molar-refractivity contribution in [2.24, 2.45) is 5.73 Å². The van der Waals surface area contributed by atoms with Crippen LogP contribution in [0.5, 0.6) is 0 Å². The van der Waals surface area contributed by atoms with E-state index in [-0.39, 0.29) is 5.91 Å². The summed E-state index contributed by atoms with van der Waals surface area (Å²) in [6.45, 7) is 3.99. The number of benzene rings is 3. The topological polar surface area (TPSA) is 72.2 Å². The molecule has 0 saturated carbocycles. The maximum Gasteiger partial charge on any atom is 0.252 e. The van der Waals surface area contributed by atoms with Gasteiger partial charge in [0, 0.05) is 12.0 Å². The van der Waals surface area contributed by atoms with Gasteiger partial charge in [-0.2, -0.15) is 0 Å². The van der Waals surface area contributed by atoms with Gasteiger partial charge in [-0.15, -0.1) is 0 Å². The summed E-state index contributed by atoms with van der Waals surface area (Å²) >= 11 is 0. The first kappa shape index (κ1) is 17.7. The second-order valence-electron chi connectivity index (χ2n) is 6.53. The third kappa shape index (κ3) is 3.59. The lowest BCUT2D eigenvalue weighted by Crippen LogP contribution is -2.46. The third-order valence-corrected chi connectivity index (χ3v) is 4.74. The largest absolute Gasteiger partial charge is 0.368 e. The Labute approximate surface area is 153 Å². The number of nitrogens with two attached hydrogens (primary N) is 1. The van der Waals surface area contributed by atoms with Crippen molar-refractivity contribution in [3.05, 3.63) is 82.9 Å². The Bertz CT molecular complexity index is 953. The summed E-state index contributed by atoms with van der Waals surface area (Å²) in [7, 11) is 0. The van der Waals surface area contributed by atoms with Crippen LogP contribution in [0.1, 0.15) is 27.0 Å². The monoisotopic (exact) mass is 346 g/mol. The van der Waals surface area contributed by atoms with Crippen molar-refractivity contribution in [1.82, 2.24) is 5.32 Å². The summed E-state index contributed by atoms with van der Waals surface area (Å²) < 4.78 is 0. The molecule has 4 heteroatoms. The molecule has 0 aliphatic heterocycles. The third-order valence-electron chi connectivity index (χ3n) is 4.74. The number of fused-ring (bicyclic) bond motifs is 1. The Kier molecular flexibility index (Phi) is 5.03. The van der Waals surface area contributed by atoms with Gasteiger partial charge in [0.1, 0.15) is 6.04 Å². The SMILES string of the molecule is Cc1cccc(C)c1C[C@@H](NC(=O)c1cccc2ccccc12)C(N)=O. The van der Waals surface area contributed by atoms with Crippen LogP contribution in [0, 0.1) is 13.8 Å². The molecule has 3 N–H and O–H groups in total. The first-order valence-electron chi connectivity index (χ1n) is 8.60. The number of carbonyl (C=O) groups excluding carboxylic acids is 2. The molecule has 0 aromatic heterocycles. The smallest absolute Gasteiger partial charge is 0.252 e. The molecule has 3 aromatic carbocycles. The predicted octanol–water partition coefficient (Wildman–Crippen LogP) is 3.28. The Morgan fingerprint density at radius 3 is 2.23 bits per heavy atom. The van der Waals surface area contributed by atoms with E-state index in [2.05, 4.69) is 5.32 Å². The number of rotatable bonds is 5. The fourth-order valence-corrected chi connectivity index (χ4v) is 3.26. The van der Waals surface area contributed by atoms with Gasteiger partial charge in [-0.25, -0.2) is 0 Å². The van der Waals surface area contributed by atoms with Crippen molar-refractivity contribution in [3.63, 3.8) is 0 Å². The van der Waals surface area contributed by atoms with Gasteiger partial charge in [0.15, 0.2) is 0 Å². The fourth-order valence-electron chi connectivity index (χ4n) is 3.26. The second-order valence-corrected chi connectivity index (χ2v) is 6.53. The zero-order valence-electron chi connectivity index (χ0n) is 15.0. The Morgan fingerprint density at radius 1 is 0.923 bits per heavy atom. The van der Waals surface area contributed by atoms with Crippen LogP contribution in [0.15, 0.2) is 60.7 Å². The number of hydrogen-bond donors (Lipinski definition) is 2. The van der Waals surface area contributed by atoms with Crippen molar-refractivity contribution >= 4 is 22.6 Å². The molecule has 0 aliphatic carbocycles. The molecule has 1 atom stereocenters. The van der Waals surface area contributed by atoms with Crippen LogP contribution in [-0.2, 0) is 11.2 Å². The van der Waals surface area contributed by atoms with Gasteiger partial charge in [-0.05, 0) is 47.4 Å². The van der Waals surface area contributed by atoms with Gasteiger partial charge < -0.3 is 11.1 Å². The normalized spacial score (nSPS) is 11.9. The molecule has 3 rings (SSSR count). The summed E-state index contributed by atoms with van der Waals surface area (Å²) in [5.41, 5.74) is 9.30. The van der Waals surface area contributed by atoms with E-state index >= 15 is 0 Å². The van der Waals surface area contributed by atoms with E-state index in [1.165, 1.54) is 0 Å². The highest BCUT2D eigenvalue weighted by atomic mass is 16.2. The van der Waals surface area contributed by atoms with Crippen LogP contribution in [0.3, 0.4) is 0 Å². The first-order chi connectivity index (χ1) is 12.5. The van der Waals surface area contributed by atoms with Crippen molar-refractivity contribution in [2.75, 3.05) is 0 Å². The average Bonchev–Trinajstić information content (AvgIpc) is 2.63. The molecule has 0 heterocycles. The Balaban J connectivity index is 1.88. The summed E-state index contributed by atoms with van der Waals surface area (Å²) in [4.78, 5) is 24.8. The lowest BCUT2D eigenvalue weighted by Gasteiger charge is -2.19. The summed E-state index contributed by atoms with van der Waals surface area (Å²) in [6, 6.07) is 18.4. The zero-order valence-corrected chi connectivity index (χ0v) is 15.0. The number of aryl methyl sites for hydroxylation is 2. The molecule has 0 aliphatic rings. The van der Waals surface area contributed by atoms with Crippen LogP contribution in [-0.4, -0.2) is 17.9 Å². The molecule has 26 heavy (non-hydrogen) atoms. The summed E-state index contributed by atoms with van der Waals surface area (Å²) in [5.74, 6) is -0.835. The predicted molar refractivity (Wildman–Crippen MR) is 104 cm³/mol. The molecule has 132 valence electrons. The van der Waals surface area contributed by atoms with Crippen molar-refractivity contribution in [2.45, 2.75) is 26.3 Å². The molecular formula is C22H22N2O2. The van der Waals surface area contributed by atoms with Gasteiger partial charge in [-0.3, -0.25) is 9.59 Å². The highest BCUT2D eigenvalue weighted by Gasteiger charge is 2.22. The maximum absolute atomic E-state index is 12.8. The zero-order chi connectivity index (χ0) is 18.7. The summed E-state index contributed by atoms with van der Waals surface area (Å²) in [5, 5.41) is 4.64. The van der Waals surface area contributed by atoms with E-state index in [1.54, 1.807) is 6.07 Å². The second kappa shape index (κ2) is 7.40. The molecule has 0 saturated heterocycles. The van der Waals surface area contributed by atoms with Crippen molar-refractivity contribution < 1.29 is 9.59 Å². The minimum absolute atomic E-state index is 0.295. The minimum atomic E-state index is -0.763. The van der Waals surface area contributed by atoms with E-state index in [0.717, 1.165) is 27.5 Å².